The van der Waals surface area contributed by atoms with Crippen LogP contribution in [0.5, 0.6) is 5.75 Å². The standard InChI is InChI=1S/C14H22ClNO/c1-12(2)4-3-9-16-10-11-17-14-7-5-13(15)6-8-14/h5-8,12,16H,3-4,9-11H2,1-2H3. The van der Waals surface area contributed by atoms with Crippen LogP contribution >= 0.6 is 11.6 Å². The van der Waals surface area contributed by atoms with Crippen LogP contribution in [0.25, 0.3) is 0 Å². The fraction of sp³-hybridized carbons (Fsp3) is 0.571. The highest BCUT2D eigenvalue weighted by molar-refractivity contribution is 6.30. The summed E-state index contributed by atoms with van der Waals surface area (Å²) in [5, 5.41) is 4.11. The summed E-state index contributed by atoms with van der Waals surface area (Å²) in [6.07, 6.45) is 2.52. The third-order valence-corrected chi connectivity index (χ3v) is 2.75. The second-order valence-electron chi connectivity index (χ2n) is 4.59. The van der Waals surface area contributed by atoms with E-state index in [-0.39, 0.29) is 0 Å². The van der Waals surface area contributed by atoms with Crippen LogP contribution in [0.15, 0.2) is 24.3 Å². The molecule has 0 atom stereocenters. The molecule has 0 saturated carbocycles. The van der Waals surface area contributed by atoms with E-state index in [9.17, 15) is 0 Å². The molecule has 0 aliphatic carbocycles. The van der Waals surface area contributed by atoms with E-state index in [2.05, 4.69) is 19.2 Å². The van der Waals surface area contributed by atoms with Gasteiger partial charge in [-0.25, -0.2) is 0 Å². The van der Waals surface area contributed by atoms with E-state index in [4.69, 9.17) is 16.3 Å². The van der Waals surface area contributed by atoms with Gasteiger partial charge in [0.05, 0.1) is 0 Å². The zero-order valence-electron chi connectivity index (χ0n) is 10.7. The molecule has 1 rings (SSSR count). The number of hydrogen-bond donors (Lipinski definition) is 1. The van der Waals surface area contributed by atoms with Gasteiger partial charge in [0, 0.05) is 11.6 Å². The molecule has 2 nitrogen and oxygen atoms in total. The van der Waals surface area contributed by atoms with Gasteiger partial charge in [0.25, 0.3) is 0 Å². The normalized spacial score (nSPS) is 10.8. The van der Waals surface area contributed by atoms with Gasteiger partial charge < -0.3 is 10.1 Å². The third-order valence-electron chi connectivity index (χ3n) is 2.50. The van der Waals surface area contributed by atoms with Crippen molar-refractivity contribution in [1.82, 2.24) is 5.32 Å². The molecule has 0 aliphatic rings. The van der Waals surface area contributed by atoms with Gasteiger partial charge in [-0.3, -0.25) is 0 Å². The molecule has 0 saturated heterocycles. The van der Waals surface area contributed by atoms with E-state index in [0.717, 1.165) is 29.8 Å². The lowest BCUT2D eigenvalue weighted by Crippen LogP contribution is -2.22. The maximum absolute atomic E-state index is 5.79. The topological polar surface area (TPSA) is 21.3 Å². The average molecular weight is 256 g/mol. The van der Waals surface area contributed by atoms with Crippen LogP contribution in [0.2, 0.25) is 5.02 Å². The van der Waals surface area contributed by atoms with Crippen LogP contribution < -0.4 is 10.1 Å². The summed E-state index contributed by atoms with van der Waals surface area (Å²) in [4.78, 5) is 0. The van der Waals surface area contributed by atoms with E-state index in [1.807, 2.05) is 24.3 Å². The maximum atomic E-state index is 5.79. The van der Waals surface area contributed by atoms with E-state index >= 15 is 0 Å². The van der Waals surface area contributed by atoms with Crippen LogP contribution in [-0.4, -0.2) is 19.7 Å². The largest absolute Gasteiger partial charge is 0.492 e. The molecule has 0 aliphatic heterocycles. The Balaban J connectivity index is 1.99. The van der Waals surface area contributed by atoms with Crippen molar-refractivity contribution in [3.8, 4) is 5.75 Å². The Morgan fingerprint density at radius 3 is 2.53 bits per heavy atom. The second kappa shape index (κ2) is 8.37. The number of nitrogens with one attached hydrogen (secondary N) is 1. The molecule has 0 unspecified atom stereocenters. The molecule has 1 aromatic carbocycles. The molecule has 0 heterocycles. The van der Waals surface area contributed by atoms with E-state index < -0.39 is 0 Å². The van der Waals surface area contributed by atoms with E-state index in [0.29, 0.717) is 6.61 Å². The SMILES string of the molecule is CC(C)CCCNCCOc1ccc(Cl)cc1. The van der Waals surface area contributed by atoms with Crippen molar-refractivity contribution >= 4 is 11.6 Å². The van der Waals surface area contributed by atoms with Crippen molar-refractivity contribution in [1.29, 1.82) is 0 Å². The van der Waals surface area contributed by atoms with E-state index in [1.54, 1.807) is 0 Å². The summed E-state index contributed by atoms with van der Waals surface area (Å²) in [6, 6.07) is 7.46. The molecule has 1 aromatic rings. The smallest absolute Gasteiger partial charge is 0.119 e. The first-order valence-corrected chi connectivity index (χ1v) is 6.65. The zero-order chi connectivity index (χ0) is 12.5. The van der Waals surface area contributed by atoms with Gasteiger partial charge in [0.15, 0.2) is 0 Å². The highest BCUT2D eigenvalue weighted by Crippen LogP contribution is 2.15. The van der Waals surface area contributed by atoms with Gasteiger partial charge >= 0.3 is 0 Å². The lowest BCUT2D eigenvalue weighted by atomic mass is 10.1. The van der Waals surface area contributed by atoms with Crippen molar-refractivity contribution in [2.45, 2.75) is 26.7 Å². The van der Waals surface area contributed by atoms with Crippen molar-refractivity contribution in [3.63, 3.8) is 0 Å². The molecule has 0 spiro atoms. The number of halogens is 1. The predicted octanol–water partition coefficient (Wildman–Crippen LogP) is 3.74. The summed E-state index contributed by atoms with van der Waals surface area (Å²) in [7, 11) is 0. The molecule has 0 aromatic heterocycles. The molecular weight excluding hydrogens is 234 g/mol. The molecule has 96 valence electrons. The number of hydrogen-bond acceptors (Lipinski definition) is 2. The molecule has 0 fully saturated rings. The monoisotopic (exact) mass is 255 g/mol. The van der Waals surface area contributed by atoms with Gasteiger partial charge in [0.1, 0.15) is 12.4 Å². The van der Waals surface area contributed by atoms with Gasteiger partial charge in [-0.2, -0.15) is 0 Å². The van der Waals surface area contributed by atoms with Gasteiger partial charge in [-0.05, 0) is 49.6 Å². The minimum absolute atomic E-state index is 0.698. The van der Waals surface area contributed by atoms with Crippen molar-refractivity contribution in [2.75, 3.05) is 19.7 Å². The molecule has 17 heavy (non-hydrogen) atoms. The quantitative estimate of drug-likeness (QED) is 0.715. The minimum Gasteiger partial charge on any atom is -0.492 e. The number of ether oxygens (including phenoxy) is 1. The average Bonchev–Trinajstić information content (AvgIpc) is 2.30. The molecule has 0 bridgehead atoms. The highest BCUT2D eigenvalue weighted by atomic mass is 35.5. The van der Waals surface area contributed by atoms with Gasteiger partial charge in [-0.15, -0.1) is 0 Å². The number of rotatable bonds is 8. The summed E-state index contributed by atoms with van der Waals surface area (Å²) in [6.45, 7) is 7.17. The first kappa shape index (κ1) is 14.3. The molecule has 3 heteroatoms. The molecule has 0 radical (unpaired) electrons. The summed E-state index contributed by atoms with van der Waals surface area (Å²) < 4.78 is 5.57. The Labute approximate surface area is 109 Å². The first-order valence-electron chi connectivity index (χ1n) is 6.27. The van der Waals surface area contributed by atoms with E-state index in [1.165, 1.54) is 12.8 Å². The van der Waals surface area contributed by atoms with Crippen LogP contribution in [0, 0.1) is 5.92 Å². The third kappa shape index (κ3) is 7.24. The lowest BCUT2D eigenvalue weighted by Gasteiger charge is -2.08. The van der Waals surface area contributed by atoms with Crippen molar-refractivity contribution in [2.24, 2.45) is 5.92 Å². The van der Waals surface area contributed by atoms with Crippen LogP contribution in [0.3, 0.4) is 0 Å². The lowest BCUT2D eigenvalue weighted by molar-refractivity contribution is 0.313. The summed E-state index contributed by atoms with van der Waals surface area (Å²) in [5.41, 5.74) is 0. The fourth-order valence-corrected chi connectivity index (χ4v) is 1.66. The van der Waals surface area contributed by atoms with Crippen LogP contribution in [-0.2, 0) is 0 Å². The molecule has 1 N–H and O–H groups in total. The number of benzene rings is 1. The highest BCUT2D eigenvalue weighted by Gasteiger charge is 1.95. The van der Waals surface area contributed by atoms with Crippen LogP contribution in [0.4, 0.5) is 0 Å². The maximum Gasteiger partial charge on any atom is 0.119 e. The first-order chi connectivity index (χ1) is 8.18. The Hall–Kier alpha value is -0.730. The minimum atomic E-state index is 0.698. The summed E-state index contributed by atoms with van der Waals surface area (Å²) in [5.74, 6) is 1.67. The zero-order valence-corrected chi connectivity index (χ0v) is 11.5. The van der Waals surface area contributed by atoms with Gasteiger partial charge in [-0.1, -0.05) is 25.4 Å². The Bertz CT molecular complexity index is 298. The van der Waals surface area contributed by atoms with Crippen molar-refractivity contribution in [3.05, 3.63) is 29.3 Å². The van der Waals surface area contributed by atoms with Crippen molar-refractivity contribution < 1.29 is 4.74 Å². The molecular formula is C14H22ClNO. The van der Waals surface area contributed by atoms with Gasteiger partial charge in [0.2, 0.25) is 0 Å². The second-order valence-corrected chi connectivity index (χ2v) is 5.02. The van der Waals surface area contributed by atoms with Crippen LogP contribution in [0.1, 0.15) is 26.7 Å². The fourth-order valence-electron chi connectivity index (χ4n) is 1.53. The predicted molar refractivity (Wildman–Crippen MR) is 73.9 cm³/mol. The Morgan fingerprint density at radius 2 is 1.88 bits per heavy atom. The Morgan fingerprint density at radius 1 is 1.18 bits per heavy atom. The molecule has 0 amide bonds. The Kier molecular flexibility index (Phi) is 7.06. The summed E-state index contributed by atoms with van der Waals surface area (Å²) >= 11 is 5.79.